The van der Waals surface area contributed by atoms with Crippen molar-refractivity contribution < 1.29 is 0 Å². The molecule has 4 rings (SSSR count). The second-order valence-electron chi connectivity index (χ2n) is 6.20. The molecule has 3 aromatic carbocycles. The molecule has 0 N–H and O–H groups in total. The molecule has 0 aliphatic heterocycles. The zero-order chi connectivity index (χ0) is 19.3. The van der Waals surface area contributed by atoms with Gasteiger partial charge in [0.05, 0.1) is 11.3 Å². The summed E-state index contributed by atoms with van der Waals surface area (Å²) in [5, 5.41) is 12.3. The number of aromatic nitrogens is 1. The van der Waals surface area contributed by atoms with Gasteiger partial charge in [-0.3, -0.25) is 0 Å². The maximum absolute atomic E-state index is 9.58. The molecule has 28 heavy (non-hydrogen) atoms. The smallest absolute Gasteiger partial charge is 0.134 e. The molecule has 0 bridgehead atoms. The number of allylic oxidation sites excluding steroid dienone is 1. The number of hydrogen-bond acceptors (Lipinski definition) is 3. The maximum atomic E-state index is 9.58. The van der Waals surface area contributed by atoms with Gasteiger partial charge in [0.25, 0.3) is 0 Å². The van der Waals surface area contributed by atoms with Gasteiger partial charge in [-0.1, -0.05) is 82.7 Å². The van der Waals surface area contributed by atoms with E-state index in [4.69, 9.17) is 0 Å². The Hall–Kier alpha value is -3.00. The Morgan fingerprint density at radius 1 is 0.857 bits per heavy atom. The van der Waals surface area contributed by atoms with E-state index in [0.29, 0.717) is 5.57 Å². The molecular weight excluding hydrogens is 428 g/mol. The Morgan fingerprint density at radius 3 is 2.18 bits per heavy atom. The summed E-state index contributed by atoms with van der Waals surface area (Å²) in [6.07, 6.45) is 1.87. The van der Waals surface area contributed by atoms with Crippen LogP contribution in [-0.2, 0) is 0 Å². The third-order valence-electron chi connectivity index (χ3n) is 4.32. The Bertz CT molecular complexity index is 1150. The number of hydrogen-bond donors (Lipinski definition) is 0. The van der Waals surface area contributed by atoms with Crippen molar-refractivity contribution in [2.45, 2.75) is 0 Å². The highest BCUT2D eigenvalue weighted by molar-refractivity contribution is 9.10. The van der Waals surface area contributed by atoms with Gasteiger partial charge < -0.3 is 0 Å². The molecule has 0 radical (unpaired) electrons. The lowest BCUT2D eigenvalue weighted by Gasteiger charge is -2.02. The van der Waals surface area contributed by atoms with Gasteiger partial charge in [-0.2, -0.15) is 5.26 Å². The van der Waals surface area contributed by atoms with Crippen LogP contribution in [0.25, 0.3) is 34.0 Å². The van der Waals surface area contributed by atoms with Gasteiger partial charge in [0.1, 0.15) is 11.1 Å². The highest BCUT2D eigenvalue weighted by Gasteiger charge is 2.09. The van der Waals surface area contributed by atoms with Crippen molar-refractivity contribution in [3.63, 3.8) is 0 Å². The Balaban J connectivity index is 1.60. The number of halogens is 1. The minimum absolute atomic E-state index is 0.569. The molecule has 1 aromatic heterocycles. The third kappa shape index (κ3) is 4.12. The molecule has 0 unspecified atom stereocenters. The van der Waals surface area contributed by atoms with E-state index in [0.717, 1.165) is 26.3 Å². The maximum Gasteiger partial charge on any atom is 0.134 e. The standard InChI is InChI=1S/C24H15BrN2S/c25-22-12-6-17(7-13-22)14-21(15-26)24-27-23(16-28-24)20-10-8-19(9-11-20)18-4-2-1-3-5-18/h1-14,16H. The normalized spacial score (nSPS) is 11.2. The van der Waals surface area contributed by atoms with Crippen molar-refractivity contribution in [1.82, 2.24) is 4.98 Å². The van der Waals surface area contributed by atoms with Gasteiger partial charge in [0.2, 0.25) is 0 Å². The van der Waals surface area contributed by atoms with E-state index in [2.05, 4.69) is 63.4 Å². The predicted molar refractivity (Wildman–Crippen MR) is 121 cm³/mol. The van der Waals surface area contributed by atoms with E-state index >= 15 is 0 Å². The molecule has 4 heteroatoms. The fourth-order valence-electron chi connectivity index (χ4n) is 2.86. The minimum atomic E-state index is 0.569. The first-order valence-corrected chi connectivity index (χ1v) is 10.4. The monoisotopic (exact) mass is 442 g/mol. The molecule has 0 aliphatic carbocycles. The van der Waals surface area contributed by atoms with Gasteiger partial charge in [-0.25, -0.2) is 4.98 Å². The van der Waals surface area contributed by atoms with Crippen molar-refractivity contribution in [3.05, 3.63) is 99.3 Å². The molecule has 0 saturated carbocycles. The lowest BCUT2D eigenvalue weighted by atomic mass is 10.0. The molecule has 1 heterocycles. The lowest BCUT2D eigenvalue weighted by molar-refractivity contribution is 1.37. The topological polar surface area (TPSA) is 36.7 Å². The SMILES string of the molecule is N#CC(=Cc1ccc(Br)cc1)c1nc(-c2ccc(-c3ccccc3)cc2)cs1. The van der Waals surface area contributed by atoms with Crippen LogP contribution in [0.1, 0.15) is 10.6 Å². The van der Waals surface area contributed by atoms with E-state index in [9.17, 15) is 5.26 Å². The average Bonchev–Trinajstić information content (AvgIpc) is 3.24. The summed E-state index contributed by atoms with van der Waals surface area (Å²) < 4.78 is 1.01. The van der Waals surface area contributed by atoms with Crippen LogP contribution in [0.3, 0.4) is 0 Å². The van der Waals surface area contributed by atoms with Crippen molar-refractivity contribution >= 4 is 38.9 Å². The zero-order valence-electron chi connectivity index (χ0n) is 14.8. The van der Waals surface area contributed by atoms with Crippen molar-refractivity contribution in [1.29, 1.82) is 5.26 Å². The molecule has 2 nitrogen and oxygen atoms in total. The highest BCUT2D eigenvalue weighted by Crippen LogP contribution is 2.29. The van der Waals surface area contributed by atoms with Gasteiger partial charge in [0, 0.05) is 15.4 Å². The van der Waals surface area contributed by atoms with Crippen LogP contribution in [0.4, 0.5) is 0 Å². The van der Waals surface area contributed by atoms with E-state index in [1.807, 2.05) is 53.9 Å². The van der Waals surface area contributed by atoms with E-state index in [1.165, 1.54) is 22.5 Å². The fraction of sp³-hybridized carbons (Fsp3) is 0. The molecular formula is C24H15BrN2S. The van der Waals surface area contributed by atoms with E-state index in [1.54, 1.807) is 0 Å². The number of nitriles is 1. The van der Waals surface area contributed by atoms with E-state index < -0.39 is 0 Å². The van der Waals surface area contributed by atoms with Crippen LogP contribution < -0.4 is 0 Å². The molecule has 0 amide bonds. The van der Waals surface area contributed by atoms with Crippen LogP contribution in [0.15, 0.2) is 88.7 Å². The summed E-state index contributed by atoms with van der Waals surface area (Å²) in [6, 6.07) is 28.8. The van der Waals surface area contributed by atoms with Gasteiger partial charge in [-0.05, 0) is 34.9 Å². The Morgan fingerprint density at radius 2 is 1.50 bits per heavy atom. The summed E-state index contributed by atoms with van der Waals surface area (Å²) in [5.41, 5.74) is 5.84. The first-order chi connectivity index (χ1) is 13.7. The molecule has 0 atom stereocenters. The Kier molecular flexibility index (Phi) is 5.48. The molecule has 0 saturated heterocycles. The Labute approximate surface area is 176 Å². The molecule has 0 aliphatic rings. The third-order valence-corrected chi connectivity index (χ3v) is 5.73. The second kappa shape index (κ2) is 8.35. The van der Waals surface area contributed by atoms with Gasteiger partial charge in [-0.15, -0.1) is 11.3 Å². The van der Waals surface area contributed by atoms with Crippen molar-refractivity contribution in [2.75, 3.05) is 0 Å². The summed E-state index contributed by atoms with van der Waals surface area (Å²) in [5.74, 6) is 0. The van der Waals surface area contributed by atoms with Crippen LogP contribution in [-0.4, -0.2) is 4.98 Å². The van der Waals surface area contributed by atoms with Crippen molar-refractivity contribution in [3.8, 4) is 28.5 Å². The predicted octanol–water partition coefficient (Wildman–Crippen LogP) is 7.30. The first-order valence-electron chi connectivity index (χ1n) is 8.72. The number of thiazole rings is 1. The van der Waals surface area contributed by atoms with E-state index in [-0.39, 0.29) is 0 Å². The molecule has 0 spiro atoms. The zero-order valence-corrected chi connectivity index (χ0v) is 17.2. The largest absolute Gasteiger partial charge is 0.235 e. The highest BCUT2D eigenvalue weighted by atomic mass is 79.9. The molecule has 134 valence electrons. The van der Waals surface area contributed by atoms with Crippen LogP contribution in [0, 0.1) is 11.3 Å². The van der Waals surface area contributed by atoms with Gasteiger partial charge in [0.15, 0.2) is 0 Å². The number of rotatable bonds is 4. The van der Waals surface area contributed by atoms with Gasteiger partial charge >= 0.3 is 0 Å². The fourth-order valence-corrected chi connectivity index (χ4v) is 3.92. The van der Waals surface area contributed by atoms with Crippen molar-refractivity contribution in [2.24, 2.45) is 0 Å². The average molecular weight is 443 g/mol. The quantitative estimate of drug-likeness (QED) is 0.310. The number of nitrogens with zero attached hydrogens (tertiary/aromatic N) is 2. The summed E-state index contributed by atoms with van der Waals surface area (Å²) >= 11 is 4.92. The summed E-state index contributed by atoms with van der Waals surface area (Å²) in [4.78, 5) is 4.69. The number of benzene rings is 3. The summed E-state index contributed by atoms with van der Waals surface area (Å²) in [7, 11) is 0. The van der Waals surface area contributed by atoms with Crippen LogP contribution >= 0.6 is 27.3 Å². The van der Waals surface area contributed by atoms with Crippen LogP contribution in [0.2, 0.25) is 0 Å². The minimum Gasteiger partial charge on any atom is -0.235 e. The second-order valence-corrected chi connectivity index (χ2v) is 7.98. The molecule has 4 aromatic rings. The first kappa shape index (κ1) is 18.4. The van der Waals surface area contributed by atoms with Crippen LogP contribution in [0.5, 0.6) is 0 Å². The lowest BCUT2D eigenvalue weighted by Crippen LogP contribution is -1.84. The summed E-state index contributed by atoms with van der Waals surface area (Å²) in [6.45, 7) is 0. The molecule has 0 fully saturated rings.